The van der Waals surface area contributed by atoms with Gasteiger partial charge >= 0.3 is 5.97 Å². The molecule has 1 aromatic heterocycles. The van der Waals surface area contributed by atoms with E-state index in [1.165, 1.54) is 4.57 Å². The Balaban J connectivity index is 1.15. The Labute approximate surface area is 309 Å². The zero-order valence-corrected chi connectivity index (χ0v) is 31.4. The van der Waals surface area contributed by atoms with Crippen molar-refractivity contribution in [1.29, 1.82) is 0 Å². The first kappa shape index (κ1) is 35.5. The van der Waals surface area contributed by atoms with E-state index in [0.717, 1.165) is 6.42 Å². The van der Waals surface area contributed by atoms with Crippen LogP contribution < -0.4 is 5.56 Å². The van der Waals surface area contributed by atoms with Gasteiger partial charge in [-0.05, 0) is 62.9 Å². The van der Waals surface area contributed by atoms with Crippen LogP contribution in [-0.4, -0.2) is 120 Å². The van der Waals surface area contributed by atoms with E-state index in [1.807, 2.05) is 6.07 Å². The molecule has 12 heteroatoms. The highest BCUT2D eigenvalue weighted by molar-refractivity contribution is 5.93. The highest BCUT2D eigenvalue weighted by Gasteiger charge is 2.91. The lowest BCUT2D eigenvalue weighted by Crippen LogP contribution is -2.82. The summed E-state index contributed by atoms with van der Waals surface area (Å²) in [5, 5.41) is 27.2. The number of hydrogen-bond acceptors (Lipinski definition) is 11. The van der Waals surface area contributed by atoms with Crippen molar-refractivity contribution >= 4 is 16.9 Å². The number of hydrogen-bond donors (Lipinski definition) is 2. The first-order valence-corrected chi connectivity index (χ1v) is 19.1. The van der Waals surface area contributed by atoms with Crippen LogP contribution in [0.3, 0.4) is 0 Å². The number of para-hydroxylation sites is 2. The Morgan fingerprint density at radius 2 is 1.75 bits per heavy atom. The lowest BCUT2D eigenvalue weighted by molar-refractivity contribution is -0.320. The van der Waals surface area contributed by atoms with E-state index in [4.69, 9.17) is 23.7 Å². The number of aryl methyl sites for hydroxylation is 1. The molecule has 2 aromatic carbocycles. The van der Waals surface area contributed by atoms with Gasteiger partial charge in [-0.15, -0.1) is 0 Å². The summed E-state index contributed by atoms with van der Waals surface area (Å²) in [4.78, 5) is 35.2. The summed E-state index contributed by atoms with van der Waals surface area (Å²) >= 11 is 0. The number of piperidine rings is 1. The molecule has 13 atom stereocenters. The van der Waals surface area contributed by atoms with Crippen LogP contribution in [0.2, 0.25) is 0 Å². The van der Waals surface area contributed by atoms with Gasteiger partial charge in [0.25, 0.3) is 5.56 Å². The minimum absolute atomic E-state index is 0.0500. The minimum atomic E-state index is -1.69. The average Bonchev–Trinajstić information content (AvgIpc) is 3.58. The van der Waals surface area contributed by atoms with Crippen molar-refractivity contribution in [1.82, 2.24) is 14.5 Å². The number of fused-ring (bicyclic) bond motifs is 3. The molecule has 5 saturated carbocycles. The molecule has 2 N–H and O–H groups in total. The van der Waals surface area contributed by atoms with E-state index in [1.54, 1.807) is 77.8 Å². The third-order valence-electron chi connectivity index (χ3n) is 15.1. The Kier molecular flexibility index (Phi) is 8.12. The molecule has 2 heterocycles. The second-order valence-corrected chi connectivity index (χ2v) is 16.6. The van der Waals surface area contributed by atoms with E-state index in [2.05, 4.69) is 16.8 Å². The molecule has 284 valence electrons. The summed E-state index contributed by atoms with van der Waals surface area (Å²) in [5.74, 6) is -0.759. The van der Waals surface area contributed by atoms with Gasteiger partial charge in [-0.3, -0.25) is 14.3 Å². The monoisotopic (exact) mass is 729 g/mol. The number of aliphatic hydroxyl groups is 2. The van der Waals surface area contributed by atoms with Crippen LogP contribution in [-0.2, 0) is 23.7 Å². The Morgan fingerprint density at radius 3 is 2.47 bits per heavy atom. The molecule has 5 aliphatic carbocycles. The molecule has 13 unspecified atom stereocenters. The third kappa shape index (κ3) is 4.18. The number of likely N-dealkylation sites (tertiary alicyclic amines) is 1. The first-order chi connectivity index (χ1) is 25.5. The van der Waals surface area contributed by atoms with Gasteiger partial charge in [0.2, 0.25) is 0 Å². The topological polar surface area (TPSA) is 142 Å². The van der Waals surface area contributed by atoms with Crippen LogP contribution in [0.1, 0.15) is 48.8 Å². The number of esters is 1. The zero-order chi connectivity index (χ0) is 37.2. The summed E-state index contributed by atoms with van der Waals surface area (Å²) < 4.78 is 33.2. The number of aromatic nitrogens is 2. The number of carbonyl (C=O) groups is 1. The third-order valence-corrected chi connectivity index (χ3v) is 15.1. The molecular formula is C41H51N3O9. The van der Waals surface area contributed by atoms with Crippen molar-refractivity contribution in [3.05, 3.63) is 70.3 Å². The summed E-state index contributed by atoms with van der Waals surface area (Å²) in [6.45, 7) is 5.08. The molecule has 6 fully saturated rings. The molecule has 9 rings (SSSR count). The summed E-state index contributed by atoms with van der Waals surface area (Å²) in [6, 6.07) is 13.7. The number of rotatable bonds is 9. The second-order valence-electron chi connectivity index (χ2n) is 16.6. The lowest BCUT2D eigenvalue weighted by Gasteiger charge is -2.70. The second kappa shape index (κ2) is 12.1. The van der Waals surface area contributed by atoms with E-state index in [0.29, 0.717) is 48.3 Å². The Bertz CT molecular complexity index is 2020. The quantitative estimate of drug-likeness (QED) is 0.314. The summed E-state index contributed by atoms with van der Waals surface area (Å²) in [5.41, 5.74) is -3.52. The van der Waals surface area contributed by atoms with E-state index >= 15 is 0 Å². The van der Waals surface area contributed by atoms with Gasteiger partial charge in [-0.25, -0.2) is 9.78 Å². The van der Waals surface area contributed by atoms with Crippen molar-refractivity contribution in [2.75, 3.05) is 48.1 Å². The van der Waals surface area contributed by atoms with Gasteiger partial charge < -0.3 is 33.9 Å². The fourth-order valence-electron chi connectivity index (χ4n) is 13.6. The number of methoxy groups -OCH3 is 4. The van der Waals surface area contributed by atoms with Gasteiger partial charge in [0.05, 0.1) is 59.2 Å². The minimum Gasteiger partial charge on any atom is -0.461 e. The standard InChI is InChI=1S/C41H51N3O9/c1-7-43-20-38(21-53-36(46)24-13-9-11-15-28(24)44-22(2)42-27-14-10-8-12-23(27)35(44)45)17-16-30(50-4)40-26-18-25-29(49-3)19-39(47,31(26)32(25)51-5)41(48,37(40)43)34(52-6)33(38)40/h8-15,25-26,29-34,37,47-48H,7,16-21H2,1-6H3. The SMILES string of the molecule is CCN1CC2(COC(=O)c3ccccc3-n3c(C)nc4ccccc4c3=O)CCC(OC)C34C5CC6C(OC)CC(O)(C5C6OC)C(O)(C(OC)C23)C14. The highest BCUT2D eigenvalue weighted by atomic mass is 16.5. The van der Waals surface area contributed by atoms with Crippen LogP contribution in [0, 0.1) is 41.4 Å². The molecule has 1 saturated heterocycles. The van der Waals surface area contributed by atoms with E-state index in [9.17, 15) is 19.8 Å². The number of benzene rings is 2. The van der Waals surface area contributed by atoms with Crippen molar-refractivity contribution in [3.63, 3.8) is 0 Å². The molecule has 0 amide bonds. The Morgan fingerprint density at radius 1 is 1.00 bits per heavy atom. The molecule has 12 nitrogen and oxygen atoms in total. The van der Waals surface area contributed by atoms with E-state index in [-0.39, 0.29) is 66.1 Å². The Hall–Kier alpha value is -3.23. The van der Waals surface area contributed by atoms with Gasteiger partial charge in [0.1, 0.15) is 17.0 Å². The van der Waals surface area contributed by atoms with Gasteiger partial charge in [-0.2, -0.15) is 0 Å². The first-order valence-electron chi connectivity index (χ1n) is 19.1. The van der Waals surface area contributed by atoms with Crippen LogP contribution in [0.5, 0.6) is 0 Å². The predicted molar refractivity (Wildman–Crippen MR) is 194 cm³/mol. The molecular weight excluding hydrogens is 678 g/mol. The molecule has 0 radical (unpaired) electrons. The maximum absolute atomic E-state index is 14.4. The smallest absolute Gasteiger partial charge is 0.340 e. The normalized spacial score (nSPS) is 42.2. The fraction of sp³-hybridized carbons (Fsp3) is 0.634. The van der Waals surface area contributed by atoms with Crippen molar-refractivity contribution in [2.45, 2.75) is 81.2 Å². The fourth-order valence-corrected chi connectivity index (χ4v) is 13.6. The summed E-state index contributed by atoms with van der Waals surface area (Å²) in [7, 11) is 6.76. The molecule has 53 heavy (non-hydrogen) atoms. The van der Waals surface area contributed by atoms with Crippen molar-refractivity contribution in [3.8, 4) is 5.69 Å². The van der Waals surface area contributed by atoms with Gasteiger partial charge in [0, 0.05) is 70.0 Å². The van der Waals surface area contributed by atoms with Crippen LogP contribution in [0.4, 0.5) is 0 Å². The number of likely N-dealkylation sites (N-methyl/N-ethyl adjacent to an activating group) is 1. The molecule has 6 aliphatic rings. The molecule has 7 bridgehead atoms. The van der Waals surface area contributed by atoms with Crippen LogP contribution in [0.15, 0.2) is 53.3 Å². The zero-order valence-electron chi connectivity index (χ0n) is 31.4. The van der Waals surface area contributed by atoms with Crippen LogP contribution >= 0.6 is 0 Å². The molecule has 1 spiro atoms. The number of ether oxygens (including phenoxy) is 5. The van der Waals surface area contributed by atoms with Crippen LogP contribution in [0.25, 0.3) is 16.6 Å². The maximum atomic E-state index is 14.4. The van der Waals surface area contributed by atoms with Gasteiger partial charge in [0.15, 0.2) is 0 Å². The van der Waals surface area contributed by atoms with Crippen molar-refractivity contribution < 1.29 is 38.7 Å². The average molecular weight is 730 g/mol. The van der Waals surface area contributed by atoms with Crippen molar-refractivity contribution in [2.24, 2.45) is 34.5 Å². The maximum Gasteiger partial charge on any atom is 0.340 e. The summed E-state index contributed by atoms with van der Waals surface area (Å²) in [6.07, 6.45) is 0.815. The number of nitrogens with zero attached hydrogens (tertiary/aromatic N) is 3. The van der Waals surface area contributed by atoms with Gasteiger partial charge in [-0.1, -0.05) is 31.2 Å². The highest BCUT2D eigenvalue weighted by Crippen LogP contribution is 2.80. The van der Waals surface area contributed by atoms with E-state index < -0.39 is 40.1 Å². The lowest BCUT2D eigenvalue weighted by atomic mass is 9.42. The number of carbonyl (C=O) groups excluding carboxylic acids is 1. The largest absolute Gasteiger partial charge is 0.461 e. The molecule has 1 aliphatic heterocycles. The predicted octanol–water partition coefficient (Wildman–Crippen LogP) is 3.14. The molecule has 3 aromatic rings.